The van der Waals surface area contributed by atoms with Crippen molar-refractivity contribution in [2.24, 2.45) is 11.8 Å². The van der Waals surface area contributed by atoms with Gasteiger partial charge >= 0.3 is 0 Å². The van der Waals surface area contributed by atoms with Gasteiger partial charge in [-0.3, -0.25) is 4.79 Å². The van der Waals surface area contributed by atoms with E-state index in [9.17, 15) is 13.6 Å². The molecule has 0 bridgehead atoms. The maximum atomic E-state index is 13.7. The molecule has 2 atom stereocenters. The van der Waals surface area contributed by atoms with E-state index in [0.717, 1.165) is 6.07 Å². The van der Waals surface area contributed by atoms with Crippen LogP contribution in [0.25, 0.3) is 0 Å². The summed E-state index contributed by atoms with van der Waals surface area (Å²) in [6, 6.07) is 2.12. The highest BCUT2D eigenvalue weighted by Crippen LogP contribution is 2.30. The SMILES string of the molecule is CC1COCCC1C(=O)c1c(Cl)ccc(F)c1F. The Hall–Kier alpha value is -1.00. The first-order valence-corrected chi connectivity index (χ1v) is 6.15. The van der Waals surface area contributed by atoms with Crippen LogP contribution >= 0.6 is 11.6 Å². The van der Waals surface area contributed by atoms with E-state index in [0.29, 0.717) is 19.6 Å². The molecule has 1 aliphatic rings. The van der Waals surface area contributed by atoms with Gasteiger partial charge in [-0.2, -0.15) is 0 Å². The van der Waals surface area contributed by atoms with Crippen LogP contribution in [0.3, 0.4) is 0 Å². The Morgan fingerprint density at radius 3 is 2.83 bits per heavy atom. The molecule has 1 fully saturated rings. The smallest absolute Gasteiger partial charge is 0.171 e. The van der Waals surface area contributed by atoms with Crippen LogP contribution in [0.15, 0.2) is 12.1 Å². The van der Waals surface area contributed by atoms with Crippen molar-refractivity contribution in [1.29, 1.82) is 0 Å². The molecule has 0 aliphatic carbocycles. The Balaban J connectivity index is 2.36. The topological polar surface area (TPSA) is 26.3 Å². The molecule has 0 amide bonds. The van der Waals surface area contributed by atoms with Gasteiger partial charge in [-0.15, -0.1) is 0 Å². The summed E-state index contributed by atoms with van der Waals surface area (Å²) in [5.41, 5.74) is -0.338. The van der Waals surface area contributed by atoms with Crippen molar-refractivity contribution in [2.75, 3.05) is 13.2 Å². The third-order valence-corrected chi connectivity index (χ3v) is 3.58. The molecule has 0 saturated carbocycles. The number of hydrogen-bond donors (Lipinski definition) is 0. The van der Waals surface area contributed by atoms with E-state index in [1.54, 1.807) is 0 Å². The summed E-state index contributed by atoms with van der Waals surface area (Å²) in [7, 11) is 0. The minimum absolute atomic E-state index is 0.0232. The van der Waals surface area contributed by atoms with Crippen LogP contribution in [0.5, 0.6) is 0 Å². The lowest BCUT2D eigenvalue weighted by atomic mass is 9.83. The fourth-order valence-corrected chi connectivity index (χ4v) is 2.45. The molecule has 1 aromatic rings. The Morgan fingerprint density at radius 1 is 1.44 bits per heavy atom. The number of halogens is 3. The van der Waals surface area contributed by atoms with Crippen LogP contribution in [-0.2, 0) is 4.74 Å². The lowest BCUT2D eigenvalue weighted by molar-refractivity contribution is 0.0239. The van der Waals surface area contributed by atoms with E-state index in [1.807, 2.05) is 6.92 Å². The normalized spacial score (nSPS) is 24.0. The van der Waals surface area contributed by atoms with E-state index >= 15 is 0 Å². The lowest BCUT2D eigenvalue weighted by Crippen LogP contribution is -2.32. The fourth-order valence-electron chi connectivity index (χ4n) is 2.21. The second kappa shape index (κ2) is 5.33. The number of carbonyl (C=O) groups is 1. The van der Waals surface area contributed by atoms with Gasteiger partial charge in [0.2, 0.25) is 0 Å². The number of carbonyl (C=O) groups excluding carboxylic acids is 1. The molecule has 0 spiro atoms. The van der Waals surface area contributed by atoms with Crippen molar-refractivity contribution in [3.05, 3.63) is 34.4 Å². The van der Waals surface area contributed by atoms with Gasteiger partial charge < -0.3 is 4.74 Å². The second-order valence-electron chi connectivity index (χ2n) is 4.53. The lowest BCUT2D eigenvalue weighted by Gasteiger charge is -2.28. The molecule has 5 heteroatoms. The molecule has 1 heterocycles. The molecule has 0 aromatic heterocycles. The number of ketones is 1. The second-order valence-corrected chi connectivity index (χ2v) is 4.94. The van der Waals surface area contributed by atoms with Crippen LogP contribution in [0.2, 0.25) is 5.02 Å². The average Bonchev–Trinajstić information content (AvgIpc) is 2.35. The molecule has 2 rings (SSSR count). The van der Waals surface area contributed by atoms with Crippen molar-refractivity contribution < 1.29 is 18.3 Å². The molecular formula is C13H13ClF2O2. The van der Waals surface area contributed by atoms with E-state index in [4.69, 9.17) is 16.3 Å². The minimum atomic E-state index is -1.16. The molecule has 1 aliphatic heterocycles. The Bertz CT molecular complexity index is 476. The highest BCUT2D eigenvalue weighted by molar-refractivity contribution is 6.34. The third kappa shape index (κ3) is 2.40. The first kappa shape index (κ1) is 13.4. The van der Waals surface area contributed by atoms with Crippen molar-refractivity contribution in [3.63, 3.8) is 0 Å². The van der Waals surface area contributed by atoms with Crippen LogP contribution in [0.4, 0.5) is 8.78 Å². The number of hydrogen-bond acceptors (Lipinski definition) is 2. The first-order valence-electron chi connectivity index (χ1n) is 5.77. The molecule has 2 unspecified atom stereocenters. The Labute approximate surface area is 109 Å². The van der Waals surface area contributed by atoms with E-state index in [1.165, 1.54) is 6.07 Å². The summed E-state index contributed by atoms with van der Waals surface area (Å²) in [5.74, 6) is -3.04. The van der Waals surface area contributed by atoms with Crippen molar-refractivity contribution >= 4 is 17.4 Å². The van der Waals surface area contributed by atoms with Crippen LogP contribution < -0.4 is 0 Å². The zero-order valence-electron chi connectivity index (χ0n) is 9.88. The molecule has 1 saturated heterocycles. The third-order valence-electron chi connectivity index (χ3n) is 3.27. The molecule has 0 N–H and O–H groups in total. The summed E-state index contributed by atoms with van der Waals surface area (Å²) in [4.78, 5) is 12.3. The minimum Gasteiger partial charge on any atom is -0.381 e. The predicted molar refractivity (Wildman–Crippen MR) is 63.8 cm³/mol. The van der Waals surface area contributed by atoms with Gasteiger partial charge in [-0.05, 0) is 24.5 Å². The zero-order chi connectivity index (χ0) is 13.3. The molecule has 2 nitrogen and oxygen atoms in total. The summed E-state index contributed by atoms with van der Waals surface area (Å²) in [6.45, 7) is 2.76. The summed E-state index contributed by atoms with van der Waals surface area (Å²) in [6.07, 6.45) is 0.506. The van der Waals surface area contributed by atoms with Crippen LogP contribution in [0, 0.1) is 23.5 Å². The van der Waals surface area contributed by atoms with Gasteiger partial charge in [0.15, 0.2) is 17.4 Å². The quantitative estimate of drug-likeness (QED) is 0.610. The number of rotatable bonds is 2. The van der Waals surface area contributed by atoms with Crippen LogP contribution in [0.1, 0.15) is 23.7 Å². The maximum Gasteiger partial charge on any atom is 0.171 e. The summed E-state index contributed by atoms with van der Waals surface area (Å²) >= 11 is 5.80. The zero-order valence-corrected chi connectivity index (χ0v) is 10.6. The van der Waals surface area contributed by atoms with Crippen molar-refractivity contribution in [1.82, 2.24) is 0 Å². The van der Waals surface area contributed by atoms with Gasteiger partial charge in [0.05, 0.1) is 10.6 Å². The van der Waals surface area contributed by atoms with Crippen LogP contribution in [-0.4, -0.2) is 19.0 Å². The summed E-state index contributed by atoms with van der Waals surface area (Å²) in [5, 5.41) is -0.0439. The maximum absolute atomic E-state index is 13.7. The molecule has 0 radical (unpaired) electrons. The van der Waals surface area contributed by atoms with E-state index in [2.05, 4.69) is 0 Å². The van der Waals surface area contributed by atoms with Gasteiger partial charge in [0.1, 0.15) is 0 Å². The van der Waals surface area contributed by atoms with E-state index < -0.39 is 17.4 Å². The molecule has 98 valence electrons. The highest BCUT2D eigenvalue weighted by atomic mass is 35.5. The largest absolute Gasteiger partial charge is 0.381 e. The fraction of sp³-hybridized carbons (Fsp3) is 0.462. The molecular weight excluding hydrogens is 262 g/mol. The Morgan fingerprint density at radius 2 is 2.17 bits per heavy atom. The highest BCUT2D eigenvalue weighted by Gasteiger charge is 2.32. The first-order chi connectivity index (χ1) is 8.52. The molecule has 18 heavy (non-hydrogen) atoms. The van der Waals surface area contributed by atoms with E-state index in [-0.39, 0.29) is 22.4 Å². The Kier molecular flexibility index (Phi) is 3.97. The standard InChI is InChI=1S/C13H13ClF2O2/c1-7-6-18-5-4-8(7)13(17)11-9(14)2-3-10(15)12(11)16/h2-3,7-8H,4-6H2,1H3. The van der Waals surface area contributed by atoms with Gasteiger partial charge in [0.25, 0.3) is 0 Å². The van der Waals surface area contributed by atoms with Gasteiger partial charge in [-0.1, -0.05) is 18.5 Å². The number of benzene rings is 1. The monoisotopic (exact) mass is 274 g/mol. The van der Waals surface area contributed by atoms with Gasteiger partial charge in [-0.25, -0.2) is 8.78 Å². The average molecular weight is 275 g/mol. The number of Topliss-reactive ketones (excluding diaryl/α,β-unsaturated/α-hetero) is 1. The predicted octanol–water partition coefficient (Wildman–Crippen LogP) is 3.47. The van der Waals surface area contributed by atoms with Crippen molar-refractivity contribution in [3.8, 4) is 0 Å². The molecule has 1 aromatic carbocycles. The summed E-state index contributed by atoms with van der Waals surface area (Å²) < 4.78 is 32.1. The van der Waals surface area contributed by atoms with Crippen molar-refractivity contribution in [2.45, 2.75) is 13.3 Å². The number of ether oxygens (including phenoxy) is 1. The van der Waals surface area contributed by atoms with Gasteiger partial charge in [0, 0.05) is 19.1 Å².